The number of aromatic nitrogens is 2. The highest BCUT2D eigenvalue weighted by Crippen LogP contribution is 2.42. The van der Waals surface area contributed by atoms with Gasteiger partial charge in [0.1, 0.15) is 11.5 Å². The molecule has 1 heterocycles. The lowest BCUT2D eigenvalue weighted by molar-refractivity contribution is -0.137. The second kappa shape index (κ2) is 8.53. The van der Waals surface area contributed by atoms with Crippen molar-refractivity contribution in [1.82, 2.24) is 10.2 Å². The van der Waals surface area contributed by atoms with E-state index < -0.39 is 11.9 Å². The molecule has 0 aliphatic heterocycles. The first-order chi connectivity index (χ1) is 13.8. The Labute approximate surface area is 173 Å². The summed E-state index contributed by atoms with van der Waals surface area (Å²) in [6, 6.07) is 9.11. The van der Waals surface area contributed by atoms with Gasteiger partial charge in [0.15, 0.2) is 0 Å². The van der Waals surface area contributed by atoms with Crippen LogP contribution in [0.15, 0.2) is 34.7 Å². The number of carbonyl (C=O) groups is 1. The highest BCUT2D eigenvalue weighted by atomic mass is 35.5. The highest BCUT2D eigenvalue weighted by molar-refractivity contribution is 6.31. The third-order valence-electron chi connectivity index (χ3n) is 4.48. The highest BCUT2D eigenvalue weighted by Gasteiger charge is 2.25. The number of hydrogen-bond acceptors (Lipinski definition) is 6. The van der Waals surface area contributed by atoms with E-state index in [2.05, 4.69) is 10.2 Å². The van der Waals surface area contributed by atoms with E-state index in [1.165, 1.54) is 0 Å². The Morgan fingerprint density at radius 2 is 1.76 bits per heavy atom. The van der Waals surface area contributed by atoms with Gasteiger partial charge in [-0.15, -0.1) is 10.2 Å². The van der Waals surface area contributed by atoms with E-state index in [1.54, 1.807) is 33.3 Å². The van der Waals surface area contributed by atoms with Crippen LogP contribution in [0.3, 0.4) is 0 Å². The van der Waals surface area contributed by atoms with Crippen molar-refractivity contribution < 1.29 is 23.8 Å². The topological polar surface area (TPSA) is 94.7 Å². The Bertz CT molecular complexity index is 1020. The minimum absolute atomic E-state index is 0.219. The van der Waals surface area contributed by atoms with Gasteiger partial charge in [-0.1, -0.05) is 11.6 Å². The monoisotopic (exact) mass is 416 g/mol. The largest absolute Gasteiger partial charge is 0.496 e. The van der Waals surface area contributed by atoms with Crippen LogP contribution in [0.25, 0.3) is 11.1 Å². The molecule has 1 atom stereocenters. The summed E-state index contributed by atoms with van der Waals surface area (Å²) in [5.74, 6) is 0.198. The first-order valence-electron chi connectivity index (χ1n) is 8.87. The molecule has 8 heteroatoms. The summed E-state index contributed by atoms with van der Waals surface area (Å²) >= 11 is 6.40. The minimum atomic E-state index is -0.988. The zero-order chi connectivity index (χ0) is 21.1. The van der Waals surface area contributed by atoms with Gasteiger partial charge in [0, 0.05) is 11.9 Å². The molecular weight excluding hydrogens is 396 g/mol. The maximum atomic E-state index is 11.5. The SMILES string of the molecule is COc1cc(C)cc(OC)c1-c1cc(Cl)cc(C(CC(=O)O)c2nnc(C)o2)c1. The quantitative estimate of drug-likeness (QED) is 0.599. The molecule has 1 N–H and O–H groups in total. The Hall–Kier alpha value is -3.06. The van der Waals surface area contributed by atoms with Gasteiger partial charge in [-0.05, 0) is 53.9 Å². The second-order valence-electron chi connectivity index (χ2n) is 6.63. The van der Waals surface area contributed by atoms with E-state index in [1.807, 2.05) is 25.1 Å². The Kier molecular flexibility index (Phi) is 6.08. The number of aliphatic carboxylic acids is 1. The lowest BCUT2D eigenvalue weighted by Gasteiger charge is -2.17. The van der Waals surface area contributed by atoms with Gasteiger partial charge in [0.2, 0.25) is 11.8 Å². The van der Waals surface area contributed by atoms with E-state index in [0.717, 1.165) is 16.7 Å². The van der Waals surface area contributed by atoms with Gasteiger partial charge in [-0.3, -0.25) is 4.79 Å². The molecule has 0 bridgehead atoms. The number of halogens is 1. The number of nitrogens with zero attached hydrogens (tertiary/aromatic N) is 2. The molecule has 2 aromatic carbocycles. The van der Waals surface area contributed by atoms with Crippen molar-refractivity contribution in [2.24, 2.45) is 0 Å². The molecule has 0 aliphatic carbocycles. The average Bonchev–Trinajstić information content (AvgIpc) is 3.10. The number of hydrogen-bond donors (Lipinski definition) is 1. The van der Waals surface area contributed by atoms with E-state index >= 15 is 0 Å². The van der Waals surface area contributed by atoms with Crippen molar-refractivity contribution in [3.63, 3.8) is 0 Å². The second-order valence-corrected chi connectivity index (χ2v) is 7.06. The van der Waals surface area contributed by atoms with Crippen LogP contribution >= 0.6 is 11.6 Å². The maximum absolute atomic E-state index is 11.5. The van der Waals surface area contributed by atoms with Crippen LogP contribution in [0.4, 0.5) is 0 Å². The molecule has 3 aromatic rings. The molecule has 1 unspecified atom stereocenters. The van der Waals surface area contributed by atoms with Gasteiger partial charge in [0.25, 0.3) is 0 Å². The molecule has 7 nitrogen and oxygen atoms in total. The van der Waals surface area contributed by atoms with Gasteiger partial charge in [0.05, 0.1) is 32.1 Å². The van der Waals surface area contributed by atoms with Crippen LogP contribution in [-0.4, -0.2) is 35.5 Å². The third kappa shape index (κ3) is 4.51. The zero-order valence-electron chi connectivity index (χ0n) is 16.5. The Morgan fingerprint density at radius 3 is 2.28 bits per heavy atom. The smallest absolute Gasteiger partial charge is 0.304 e. The Balaban J connectivity index is 2.19. The molecule has 3 rings (SSSR count). The van der Waals surface area contributed by atoms with Crippen LogP contribution < -0.4 is 9.47 Å². The van der Waals surface area contributed by atoms with Crippen LogP contribution in [0, 0.1) is 13.8 Å². The van der Waals surface area contributed by atoms with Gasteiger partial charge in [-0.2, -0.15) is 0 Å². The maximum Gasteiger partial charge on any atom is 0.304 e. The average molecular weight is 417 g/mol. The number of carboxylic acid groups (broad SMARTS) is 1. The van der Waals surface area contributed by atoms with Crippen LogP contribution in [0.5, 0.6) is 11.5 Å². The number of aryl methyl sites for hydroxylation is 2. The number of methoxy groups -OCH3 is 2. The minimum Gasteiger partial charge on any atom is -0.496 e. The van der Waals surface area contributed by atoms with Crippen molar-refractivity contribution >= 4 is 17.6 Å². The van der Waals surface area contributed by atoms with Crippen molar-refractivity contribution in [2.45, 2.75) is 26.2 Å². The summed E-state index contributed by atoms with van der Waals surface area (Å²) in [6.45, 7) is 3.60. The summed E-state index contributed by atoms with van der Waals surface area (Å²) in [6.07, 6.45) is -0.219. The van der Waals surface area contributed by atoms with Crippen LogP contribution in [0.1, 0.15) is 35.2 Å². The molecule has 0 spiro atoms. The molecule has 0 radical (unpaired) electrons. The number of ether oxygens (including phenoxy) is 2. The molecule has 0 aliphatic rings. The molecular formula is C21H21ClN2O5. The molecule has 1 aromatic heterocycles. The van der Waals surface area contributed by atoms with E-state index in [0.29, 0.717) is 28.0 Å². The standard InChI is InChI=1S/C21H21ClN2O5/c1-11-5-17(27-3)20(18(6-11)28-4)14-7-13(8-15(22)9-14)16(10-19(25)26)21-24-23-12(2)29-21/h5-9,16H,10H2,1-4H3,(H,25,26). The van der Waals surface area contributed by atoms with Crippen molar-refractivity contribution in [2.75, 3.05) is 14.2 Å². The fourth-order valence-electron chi connectivity index (χ4n) is 3.26. The molecule has 152 valence electrons. The van der Waals surface area contributed by atoms with Gasteiger partial charge in [-0.25, -0.2) is 0 Å². The first-order valence-corrected chi connectivity index (χ1v) is 9.25. The third-order valence-corrected chi connectivity index (χ3v) is 4.70. The summed E-state index contributed by atoms with van der Waals surface area (Å²) in [4.78, 5) is 11.5. The van der Waals surface area contributed by atoms with Crippen molar-refractivity contribution in [3.8, 4) is 22.6 Å². The molecule has 0 amide bonds. The van der Waals surface area contributed by atoms with Crippen LogP contribution in [-0.2, 0) is 4.79 Å². The number of benzene rings is 2. The lowest BCUT2D eigenvalue weighted by Crippen LogP contribution is -2.09. The predicted molar refractivity (Wildman–Crippen MR) is 108 cm³/mol. The summed E-state index contributed by atoms with van der Waals surface area (Å²) in [7, 11) is 3.16. The van der Waals surface area contributed by atoms with E-state index in [9.17, 15) is 9.90 Å². The predicted octanol–water partition coefficient (Wildman–Crippen LogP) is 4.63. The van der Waals surface area contributed by atoms with Gasteiger partial charge >= 0.3 is 5.97 Å². The van der Waals surface area contributed by atoms with E-state index in [-0.39, 0.29) is 12.3 Å². The molecule has 0 saturated heterocycles. The normalized spacial score (nSPS) is 11.9. The first kappa shape index (κ1) is 20.7. The molecule has 0 saturated carbocycles. The fourth-order valence-corrected chi connectivity index (χ4v) is 3.50. The zero-order valence-corrected chi connectivity index (χ0v) is 17.3. The molecule has 29 heavy (non-hydrogen) atoms. The molecule has 0 fully saturated rings. The van der Waals surface area contributed by atoms with Crippen LogP contribution in [0.2, 0.25) is 5.02 Å². The lowest BCUT2D eigenvalue weighted by atomic mass is 9.91. The van der Waals surface area contributed by atoms with Crippen molar-refractivity contribution in [1.29, 1.82) is 0 Å². The van der Waals surface area contributed by atoms with Crippen molar-refractivity contribution in [3.05, 3.63) is 58.3 Å². The Morgan fingerprint density at radius 1 is 1.10 bits per heavy atom. The summed E-state index contributed by atoms with van der Waals surface area (Å²) < 4.78 is 16.6. The fraction of sp³-hybridized carbons (Fsp3) is 0.286. The van der Waals surface area contributed by atoms with E-state index in [4.69, 9.17) is 25.5 Å². The summed E-state index contributed by atoms with van der Waals surface area (Å²) in [5.41, 5.74) is 3.07. The summed E-state index contributed by atoms with van der Waals surface area (Å²) in [5, 5.41) is 17.7. The van der Waals surface area contributed by atoms with Gasteiger partial charge < -0.3 is 19.0 Å². The number of rotatable bonds is 7. The number of carboxylic acids is 1.